The summed E-state index contributed by atoms with van der Waals surface area (Å²) in [7, 11) is 2.17. The molecule has 6 rings (SSSR count). The zero-order valence-corrected chi connectivity index (χ0v) is 22.6. The maximum absolute atomic E-state index is 12.2. The number of carbonyl (C=O) groups excluding carboxylic acids is 1. The van der Waals surface area contributed by atoms with E-state index in [1.54, 1.807) is 11.3 Å². The molecular weight excluding hydrogens is 492 g/mol. The van der Waals surface area contributed by atoms with Crippen molar-refractivity contribution in [3.05, 3.63) is 66.4 Å². The Hall–Kier alpha value is -3.75. The number of aromatic amines is 1. The number of benzene rings is 2. The molecule has 8 heteroatoms. The number of rotatable bonds is 8. The molecule has 5 aromatic rings. The van der Waals surface area contributed by atoms with Crippen molar-refractivity contribution in [3.8, 4) is 10.6 Å². The number of ketones is 1. The van der Waals surface area contributed by atoms with Gasteiger partial charge in [0.25, 0.3) is 0 Å². The van der Waals surface area contributed by atoms with Crippen LogP contribution in [-0.4, -0.2) is 58.9 Å². The van der Waals surface area contributed by atoms with Crippen molar-refractivity contribution in [1.82, 2.24) is 19.9 Å². The predicted molar refractivity (Wildman–Crippen MR) is 158 cm³/mol. The van der Waals surface area contributed by atoms with Crippen LogP contribution in [0.1, 0.15) is 25.3 Å². The van der Waals surface area contributed by atoms with Gasteiger partial charge in [0.05, 0.1) is 10.6 Å². The van der Waals surface area contributed by atoms with E-state index >= 15 is 0 Å². The fraction of sp³-hybridized carbons (Fsp3) is 0.300. The standard InChI is InChI=1S/C30H32N6OS/c1-3-5-24(37)17-20-8-9-26-21(16-20)18-27(38-26)28-25-10-11-31-29(25)34-30(33-28)32-22-6-4-7-23(19-22)36-14-12-35(2)13-15-36/h4,6-11,16,18-19H,3,5,12-15,17H2,1-2H3,(H2,31,32,33,34). The van der Waals surface area contributed by atoms with Crippen molar-refractivity contribution >= 4 is 55.6 Å². The lowest BCUT2D eigenvalue weighted by atomic mass is 10.0. The average Bonchev–Trinajstić information content (AvgIpc) is 3.56. The first-order valence-electron chi connectivity index (χ1n) is 13.3. The largest absolute Gasteiger partial charge is 0.369 e. The highest BCUT2D eigenvalue weighted by atomic mass is 32.1. The van der Waals surface area contributed by atoms with Crippen LogP contribution in [0, 0.1) is 0 Å². The van der Waals surface area contributed by atoms with Gasteiger partial charge in [-0.3, -0.25) is 4.79 Å². The summed E-state index contributed by atoms with van der Waals surface area (Å²) in [6.07, 6.45) is 3.92. The van der Waals surface area contributed by atoms with Gasteiger partial charge in [-0.1, -0.05) is 19.1 Å². The number of Topliss-reactive ketones (excluding diaryl/α,β-unsaturated/α-hetero) is 1. The number of hydrogen-bond donors (Lipinski definition) is 2. The highest BCUT2D eigenvalue weighted by molar-refractivity contribution is 7.22. The Morgan fingerprint density at radius 2 is 1.92 bits per heavy atom. The first-order chi connectivity index (χ1) is 18.6. The Balaban J connectivity index is 1.30. The highest BCUT2D eigenvalue weighted by Crippen LogP contribution is 2.37. The number of piperazine rings is 1. The normalized spacial score (nSPS) is 14.4. The predicted octanol–water partition coefficient (Wildman–Crippen LogP) is 6.25. The number of nitrogens with one attached hydrogen (secondary N) is 2. The molecule has 1 saturated heterocycles. The van der Waals surface area contributed by atoms with Gasteiger partial charge in [0.2, 0.25) is 5.95 Å². The van der Waals surface area contributed by atoms with Crippen LogP contribution in [0.4, 0.5) is 17.3 Å². The molecule has 1 aliphatic rings. The lowest BCUT2D eigenvalue weighted by Crippen LogP contribution is -2.44. The molecule has 1 fully saturated rings. The second-order valence-electron chi connectivity index (χ2n) is 10.0. The zero-order valence-electron chi connectivity index (χ0n) is 21.8. The van der Waals surface area contributed by atoms with Crippen LogP contribution < -0.4 is 10.2 Å². The van der Waals surface area contributed by atoms with Crippen molar-refractivity contribution in [1.29, 1.82) is 0 Å². The van der Waals surface area contributed by atoms with Gasteiger partial charge in [0.15, 0.2) is 0 Å². The summed E-state index contributed by atoms with van der Waals surface area (Å²) in [6.45, 7) is 6.23. The van der Waals surface area contributed by atoms with Gasteiger partial charge in [0, 0.05) is 66.7 Å². The van der Waals surface area contributed by atoms with Gasteiger partial charge in [-0.05, 0) is 66.9 Å². The van der Waals surface area contributed by atoms with E-state index in [-0.39, 0.29) is 0 Å². The van der Waals surface area contributed by atoms with Gasteiger partial charge >= 0.3 is 0 Å². The van der Waals surface area contributed by atoms with E-state index in [0.29, 0.717) is 24.6 Å². The third-order valence-corrected chi connectivity index (χ3v) is 8.25. The molecule has 0 saturated carbocycles. The lowest BCUT2D eigenvalue weighted by Gasteiger charge is -2.34. The molecule has 194 valence electrons. The number of hydrogen-bond acceptors (Lipinski definition) is 7. The summed E-state index contributed by atoms with van der Waals surface area (Å²) in [5.41, 5.74) is 4.95. The molecule has 0 bridgehead atoms. The summed E-state index contributed by atoms with van der Waals surface area (Å²) < 4.78 is 1.18. The molecule has 1 aliphatic heterocycles. The van der Waals surface area contributed by atoms with Gasteiger partial charge in [0.1, 0.15) is 11.4 Å². The van der Waals surface area contributed by atoms with Crippen molar-refractivity contribution in [2.75, 3.05) is 43.4 Å². The number of thiophene rings is 1. The van der Waals surface area contributed by atoms with E-state index in [1.807, 2.05) is 19.2 Å². The van der Waals surface area contributed by atoms with Crippen molar-refractivity contribution < 1.29 is 4.79 Å². The topological polar surface area (TPSA) is 77.2 Å². The van der Waals surface area contributed by atoms with E-state index < -0.39 is 0 Å². The van der Waals surface area contributed by atoms with Crippen molar-refractivity contribution in [3.63, 3.8) is 0 Å². The van der Waals surface area contributed by atoms with Crippen LogP contribution >= 0.6 is 11.3 Å². The van der Waals surface area contributed by atoms with Crippen LogP contribution in [0.2, 0.25) is 0 Å². The Kier molecular flexibility index (Phi) is 6.82. The van der Waals surface area contributed by atoms with E-state index in [2.05, 4.69) is 75.7 Å². The molecule has 3 aromatic heterocycles. The van der Waals surface area contributed by atoms with E-state index in [0.717, 1.165) is 70.8 Å². The average molecular weight is 525 g/mol. The Morgan fingerprint density at radius 3 is 2.76 bits per heavy atom. The number of carbonyl (C=O) groups is 1. The summed E-state index contributed by atoms with van der Waals surface area (Å²) in [5, 5.41) is 5.58. The Morgan fingerprint density at radius 1 is 1.05 bits per heavy atom. The minimum atomic E-state index is 0.291. The minimum Gasteiger partial charge on any atom is -0.369 e. The van der Waals surface area contributed by atoms with Crippen LogP contribution in [0.5, 0.6) is 0 Å². The van der Waals surface area contributed by atoms with E-state index in [9.17, 15) is 4.79 Å². The molecule has 0 unspecified atom stereocenters. The summed E-state index contributed by atoms with van der Waals surface area (Å²) in [4.78, 5) is 31.0. The SMILES string of the molecule is CCCC(=O)Cc1ccc2sc(-c3nc(Nc4cccc(N5CCN(C)CC5)c4)nc4[nH]ccc34)cc2c1. The van der Waals surface area contributed by atoms with Gasteiger partial charge in [-0.25, -0.2) is 4.98 Å². The van der Waals surface area contributed by atoms with E-state index in [4.69, 9.17) is 9.97 Å². The van der Waals surface area contributed by atoms with E-state index in [1.165, 1.54) is 10.4 Å². The second kappa shape index (κ2) is 10.6. The third kappa shape index (κ3) is 5.14. The number of likely N-dealkylation sites (N-methyl/N-ethyl adjacent to an activating group) is 1. The number of anilines is 3. The van der Waals surface area contributed by atoms with Crippen LogP contribution in [0.3, 0.4) is 0 Å². The Bertz CT molecular complexity index is 1600. The molecule has 0 aliphatic carbocycles. The first kappa shape index (κ1) is 24.6. The van der Waals surface area contributed by atoms with Gasteiger partial charge in [-0.15, -0.1) is 11.3 Å². The first-order valence-corrected chi connectivity index (χ1v) is 14.1. The molecule has 2 N–H and O–H groups in total. The maximum Gasteiger partial charge on any atom is 0.229 e. The van der Waals surface area contributed by atoms with Crippen molar-refractivity contribution in [2.24, 2.45) is 0 Å². The fourth-order valence-corrected chi connectivity index (χ4v) is 6.12. The summed E-state index contributed by atoms with van der Waals surface area (Å²) in [5.74, 6) is 0.855. The third-order valence-electron chi connectivity index (χ3n) is 7.13. The highest BCUT2D eigenvalue weighted by Gasteiger charge is 2.17. The fourth-order valence-electron chi connectivity index (χ4n) is 5.07. The number of nitrogens with zero attached hydrogens (tertiary/aromatic N) is 4. The smallest absolute Gasteiger partial charge is 0.229 e. The quantitative estimate of drug-likeness (QED) is 0.250. The number of H-pyrrole nitrogens is 1. The molecule has 0 radical (unpaired) electrons. The molecule has 0 atom stereocenters. The molecule has 38 heavy (non-hydrogen) atoms. The second-order valence-corrected chi connectivity index (χ2v) is 11.1. The molecular formula is C30H32N6OS. The number of fused-ring (bicyclic) bond motifs is 2. The molecule has 7 nitrogen and oxygen atoms in total. The maximum atomic E-state index is 12.2. The summed E-state index contributed by atoms with van der Waals surface area (Å²) >= 11 is 1.72. The lowest BCUT2D eigenvalue weighted by molar-refractivity contribution is -0.118. The van der Waals surface area contributed by atoms with Gasteiger partial charge < -0.3 is 20.1 Å². The Labute approximate surface area is 226 Å². The van der Waals surface area contributed by atoms with Crippen LogP contribution in [-0.2, 0) is 11.2 Å². The van der Waals surface area contributed by atoms with Crippen LogP contribution in [0.15, 0.2) is 60.8 Å². The molecule has 0 spiro atoms. The monoisotopic (exact) mass is 524 g/mol. The number of aromatic nitrogens is 3. The van der Waals surface area contributed by atoms with Crippen molar-refractivity contribution in [2.45, 2.75) is 26.2 Å². The zero-order chi connectivity index (χ0) is 26.1. The minimum absolute atomic E-state index is 0.291. The molecule has 2 aromatic carbocycles. The van der Waals surface area contributed by atoms with Crippen LogP contribution in [0.25, 0.3) is 31.7 Å². The summed E-state index contributed by atoms with van der Waals surface area (Å²) in [6, 6.07) is 19.0. The van der Waals surface area contributed by atoms with Gasteiger partial charge in [-0.2, -0.15) is 4.98 Å². The molecule has 0 amide bonds. The molecule has 4 heterocycles.